The van der Waals surface area contributed by atoms with E-state index < -0.39 is 5.82 Å². The van der Waals surface area contributed by atoms with Crippen LogP contribution in [-0.2, 0) is 0 Å². The topological polar surface area (TPSA) is 268 Å². The first-order chi connectivity index (χ1) is 59.7. The van der Waals surface area contributed by atoms with Gasteiger partial charge in [-0.2, -0.15) is 19.9 Å². The van der Waals surface area contributed by atoms with E-state index in [0.717, 1.165) is 147 Å². The highest BCUT2D eigenvalue weighted by Crippen LogP contribution is 2.36. The van der Waals surface area contributed by atoms with E-state index in [1.54, 1.807) is 24.7 Å². The molecule has 29 heteroatoms. The summed E-state index contributed by atoms with van der Waals surface area (Å²) in [5.74, 6) is 9.31. The van der Waals surface area contributed by atoms with Gasteiger partial charge >= 0.3 is 0 Å². The molecule has 5 aliphatic heterocycles. The number of fused-ring (bicyclic) bond motifs is 1. The van der Waals surface area contributed by atoms with Crippen LogP contribution in [0.3, 0.4) is 0 Å². The van der Waals surface area contributed by atoms with Crippen LogP contribution in [0.1, 0.15) is 73.6 Å². The van der Waals surface area contributed by atoms with Gasteiger partial charge in [0.1, 0.15) is 78.5 Å². The number of para-hydroxylation sites is 1. The van der Waals surface area contributed by atoms with Crippen molar-refractivity contribution >= 4 is 116 Å². The van der Waals surface area contributed by atoms with Crippen molar-refractivity contribution < 1.29 is 32.8 Å². The molecule has 8 N–H and O–H groups in total. The van der Waals surface area contributed by atoms with Crippen molar-refractivity contribution in [1.29, 1.82) is 0 Å². The van der Waals surface area contributed by atoms with E-state index in [-0.39, 0.29) is 11.8 Å². The van der Waals surface area contributed by atoms with E-state index in [9.17, 15) is 4.39 Å². The molecule has 4 fully saturated rings. The standard InChI is InChI=1S/C24H27N5O3.C23H25ClFN5O.C23H26ClN5O.C23H27N5O/c1-17-15-25-24(28-23(17)26-19-6-9-21-22(14-19)32-16-31-21)27-18-4-7-20(8-5-18)30-13-12-29-10-2-3-11-29;1-16-15-26-23(29-22(16)27-18-6-9-20(24)21(25)14-18)28-17-4-7-19(8-5-17)31-13-12-30-10-2-3-11-30;1-17-16-25-23(28-22(17)26-19-6-4-18(24)5-7-19)27-20-8-10-21(11-9-20)30-15-14-29-12-2-3-13-29;1-18-17-24-23(27-22(18)25-19-7-3-2-4-8-19)26-20-9-11-21(12-10-20)29-16-15-28-13-5-6-14-28/h4-9,14-15H,2-3,10-13,16H2,1H3,(H2,25,26,27,28);4-9,14-15H,2-3,10-13H2,1H3,(H2,26,27,28,29);4-11,16H,2-3,12-15H2,1H3,(H2,25,26,27,28);2-4,7-12,17H,5-6,13-16H2,1H3,(H2,24,25,26,27). The van der Waals surface area contributed by atoms with Crippen LogP contribution >= 0.6 is 23.2 Å². The first-order valence-electron chi connectivity index (χ1n) is 41.7. The molecular weight excluding hydrogens is 1580 g/mol. The summed E-state index contributed by atoms with van der Waals surface area (Å²) < 4.78 is 48.0. The summed E-state index contributed by atoms with van der Waals surface area (Å²) in [7, 11) is 0. The Balaban J connectivity index is 0.000000133. The van der Waals surface area contributed by atoms with Crippen molar-refractivity contribution in [3.05, 3.63) is 251 Å². The van der Waals surface area contributed by atoms with E-state index in [4.69, 9.17) is 51.6 Å². The van der Waals surface area contributed by atoms with Crippen LogP contribution in [0.15, 0.2) is 213 Å². The average molecular weight is 1690 g/mol. The summed E-state index contributed by atoms with van der Waals surface area (Å²) in [4.78, 5) is 45.6. The van der Waals surface area contributed by atoms with Gasteiger partial charge in [0.15, 0.2) is 11.5 Å². The van der Waals surface area contributed by atoms with Gasteiger partial charge in [0, 0.05) is 130 Å². The maximum Gasteiger partial charge on any atom is 0.231 e. The van der Waals surface area contributed by atoms with Crippen LogP contribution in [0, 0.1) is 33.5 Å². The van der Waals surface area contributed by atoms with Gasteiger partial charge in [-0.15, -0.1) is 0 Å². The highest BCUT2D eigenvalue weighted by molar-refractivity contribution is 6.31. The van der Waals surface area contributed by atoms with Crippen molar-refractivity contribution in [2.45, 2.75) is 79.1 Å². The number of halogens is 3. The molecule has 26 nitrogen and oxygen atoms in total. The normalized spacial score (nSPS) is 14.2. The zero-order valence-electron chi connectivity index (χ0n) is 69.3. The number of ether oxygens (including phenoxy) is 6. The van der Waals surface area contributed by atoms with Crippen molar-refractivity contribution in [1.82, 2.24) is 59.5 Å². The molecule has 122 heavy (non-hydrogen) atoms. The van der Waals surface area contributed by atoms with Gasteiger partial charge in [-0.3, -0.25) is 19.6 Å². The summed E-state index contributed by atoms with van der Waals surface area (Å²) in [5, 5.41) is 26.8. The third-order valence-corrected chi connectivity index (χ3v) is 21.3. The zero-order chi connectivity index (χ0) is 84.0. The third-order valence-electron chi connectivity index (χ3n) is 20.8. The molecular formula is C93H105Cl2FN20O6. The van der Waals surface area contributed by atoms with Gasteiger partial charge in [-0.25, -0.2) is 24.3 Å². The smallest absolute Gasteiger partial charge is 0.231 e. The van der Waals surface area contributed by atoms with Crippen molar-refractivity contribution in [2.24, 2.45) is 0 Å². The molecule has 4 saturated heterocycles. The Morgan fingerprint density at radius 3 is 0.934 bits per heavy atom. The summed E-state index contributed by atoms with van der Waals surface area (Å²) in [5.41, 5.74) is 10.6. The average Bonchev–Trinajstić information content (AvgIpc) is 1.35. The largest absolute Gasteiger partial charge is 0.492 e. The minimum Gasteiger partial charge on any atom is -0.492 e. The quantitative estimate of drug-likeness (QED) is 0.0195. The molecule has 0 bridgehead atoms. The van der Waals surface area contributed by atoms with Gasteiger partial charge in [-0.1, -0.05) is 41.4 Å². The van der Waals surface area contributed by atoms with Crippen LogP contribution in [0.5, 0.6) is 34.5 Å². The molecule has 8 aromatic carbocycles. The Morgan fingerprint density at radius 2 is 0.598 bits per heavy atom. The van der Waals surface area contributed by atoms with Crippen molar-refractivity contribution in [3.63, 3.8) is 0 Å². The summed E-state index contributed by atoms with van der Waals surface area (Å²) in [6.07, 6.45) is 17.5. The number of rotatable bonds is 32. The Kier molecular flexibility index (Phi) is 31.2. The third kappa shape index (κ3) is 26.8. The minimum atomic E-state index is -0.487. The predicted octanol–water partition coefficient (Wildman–Crippen LogP) is 20.2. The van der Waals surface area contributed by atoms with E-state index in [2.05, 4.69) is 102 Å². The Hall–Kier alpha value is -12.4. The fraction of sp³-hybridized carbons (Fsp3) is 0.312. The zero-order valence-corrected chi connectivity index (χ0v) is 70.8. The molecule has 4 aromatic heterocycles. The Labute approximate surface area is 722 Å². The van der Waals surface area contributed by atoms with Crippen LogP contribution in [0.4, 0.5) is 97.0 Å². The maximum atomic E-state index is 13.7. The highest BCUT2D eigenvalue weighted by Gasteiger charge is 2.19. The van der Waals surface area contributed by atoms with Gasteiger partial charge in [-0.05, 0) is 295 Å². The van der Waals surface area contributed by atoms with E-state index in [1.165, 1.54) is 116 Å². The van der Waals surface area contributed by atoms with E-state index in [0.29, 0.717) is 60.1 Å². The highest BCUT2D eigenvalue weighted by atomic mass is 35.5. The van der Waals surface area contributed by atoms with Gasteiger partial charge < -0.3 is 71.0 Å². The second kappa shape index (κ2) is 44.3. The minimum absolute atomic E-state index is 0.0794. The summed E-state index contributed by atoms with van der Waals surface area (Å²) >= 11 is 11.7. The fourth-order valence-electron chi connectivity index (χ4n) is 13.9. The van der Waals surface area contributed by atoms with Crippen LogP contribution in [0.25, 0.3) is 0 Å². The number of hydrogen-bond acceptors (Lipinski definition) is 26. The SMILES string of the molecule is Cc1cnc(Nc2ccc(OCCN3CCCC3)cc2)nc1Nc1ccc(Cl)c(F)c1.Cc1cnc(Nc2ccc(OCCN3CCCC3)cc2)nc1Nc1ccc(Cl)cc1.Cc1cnc(Nc2ccc(OCCN3CCCC3)cc2)nc1Nc1ccc2c(c1)OCO2.Cc1cnc(Nc2ccc(OCCN3CCCC3)cc2)nc1Nc1ccccc1. The fourth-order valence-corrected chi connectivity index (χ4v) is 14.2. The van der Waals surface area contributed by atoms with Gasteiger partial charge in [0.05, 0.1) is 5.02 Å². The van der Waals surface area contributed by atoms with Gasteiger partial charge in [0.2, 0.25) is 30.6 Å². The number of anilines is 16. The number of nitrogens with one attached hydrogen (secondary N) is 8. The maximum absolute atomic E-state index is 13.7. The first kappa shape index (κ1) is 86.0. The van der Waals surface area contributed by atoms with Crippen LogP contribution in [-0.4, -0.2) is 171 Å². The lowest BCUT2D eigenvalue weighted by Gasteiger charge is -2.15. The number of aromatic nitrogens is 8. The van der Waals surface area contributed by atoms with E-state index >= 15 is 0 Å². The number of benzene rings is 8. The molecule has 12 aromatic rings. The second-order valence-electron chi connectivity index (χ2n) is 30.2. The molecule has 0 saturated carbocycles. The Morgan fingerprint density at radius 1 is 0.320 bits per heavy atom. The summed E-state index contributed by atoms with van der Waals surface area (Å²) in [6, 6.07) is 59.1. The number of aryl methyl sites for hydroxylation is 4. The lowest BCUT2D eigenvalue weighted by Crippen LogP contribution is -2.25. The van der Waals surface area contributed by atoms with Crippen molar-refractivity contribution in [3.8, 4) is 34.5 Å². The molecule has 5 aliphatic rings. The number of likely N-dealkylation sites (tertiary alicyclic amines) is 4. The lowest BCUT2D eigenvalue weighted by atomic mass is 10.2. The number of hydrogen-bond donors (Lipinski definition) is 8. The monoisotopic (exact) mass is 1690 g/mol. The van der Waals surface area contributed by atoms with Crippen LogP contribution in [0.2, 0.25) is 10.0 Å². The Bertz CT molecular complexity index is 5270. The predicted molar refractivity (Wildman–Crippen MR) is 486 cm³/mol. The van der Waals surface area contributed by atoms with Gasteiger partial charge in [0.25, 0.3) is 0 Å². The van der Waals surface area contributed by atoms with E-state index in [1.807, 2.05) is 204 Å². The molecule has 9 heterocycles. The molecule has 0 atom stereocenters. The first-order valence-corrected chi connectivity index (χ1v) is 42.4. The van der Waals surface area contributed by atoms with Crippen molar-refractivity contribution in [2.75, 3.05) is 154 Å². The number of nitrogens with zero attached hydrogens (tertiary/aromatic N) is 12. The molecule has 0 unspecified atom stereocenters. The summed E-state index contributed by atoms with van der Waals surface area (Å²) in [6.45, 7) is 24.3. The molecule has 0 amide bonds. The molecule has 634 valence electrons. The molecule has 0 radical (unpaired) electrons. The molecule has 0 aliphatic carbocycles. The molecule has 0 spiro atoms. The molecule has 17 rings (SSSR count). The van der Waals surface area contributed by atoms with Crippen LogP contribution < -0.4 is 71.0 Å². The second-order valence-corrected chi connectivity index (χ2v) is 31.0. The lowest BCUT2D eigenvalue weighted by molar-refractivity contribution is 0.174.